The van der Waals surface area contributed by atoms with E-state index in [4.69, 9.17) is 9.15 Å². The molecule has 1 aliphatic heterocycles. The van der Waals surface area contributed by atoms with Gasteiger partial charge in [0.15, 0.2) is 0 Å². The summed E-state index contributed by atoms with van der Waals surface area (Å²) < 4.78 is 11.1. The molecule has 22 heavy (non-hydrogen) atoms. The number of hydrogen-bond acceptors (Lipinski definition) is 4. The summed E-state index contributed by atoms with van der Waals surface area (Å²) in [6.45, 7) is 8.85. The first-order valence-corrected chi connectivity index (χ1v) is 7.98. The number of rotatable bonds is 3. The Kier molecular flexibility index (Phi) is 4.32. The molecular weight excluding hydrogens is 278 g/mol. The molecule has 2 heterocycles. The topological polar surface area (TPSA) is 42.7 Å². The molecule has 0 bridgehead atoms. The highest BCUT2D eigenvalue weighted by molar-refractivity contribution is 5.80. The van der Waals surface area contributed by atoms with Crippen LogP contribution in [0.25, 0.3) is 11.0 Å². The summed E-state index contributed by atoms with van der Waals surface area (Å²) in [5, 5.41) is 1.05. The van der Waals surface area contributed by atoms with Crippen molar-refractivity contribution in [2.75, 3.05) is 13.1 Å². The van der Waals surface area contributed by atoms with Gasteiger partial charge in [0.1, 0.15) is 5.58 Å². The minimum atomic E-state index is -0.277. The third kappa shape index (κ3) is 3.23. The van der Waals surface area contributed by atoms with E-state index in [1.165, 1.54) is 5.56 Å². The summed E-state index contributed by atoms with van der Waals surface area (Å²) >= 11 is 0. The van der Waals surface area contributed by atoms with Gasteiger partial charge >= 0.3 is 5.63 Å². The van der Waals surface area contributed by atoms with Crippen LogP contribution in [-0.4, -0.2) is 30.2 Å². The van der Waals surface area contributed by atoms with E-state index in [-0.39, 0.29) is 17.8 Å². The van der Waals surface area contributed by atoms with E-state index in [1.807, 2.05) is 12.1 Å². The average molecular weight is 301 g/mol. The molecule has 3 rings (SSSR count). The summed E-state index contributed by atoms with van der Waals surface area (Å²) in [5.41, 5.74) is 2.70. The number of morpholine rings is 1. The predicted molar refractivity (Wildman–Crippen MR) is 87.1 cm³/mol. The second kappa shape index (κ2) is 6.23. The fourth-order valence-corrected chi connectivity index (χ4v) is 3.28. The smallest absolute Gasteiger partial charge is 0.336 e. The van der Waals surface area contributed by atoms with Gasteiger partial charge in [0.25, 0.3) is 0 Å². The summed E-state index contributed by atoms with van der Waals surface area (Å²) in [6, 6.07) is 7.70. The normalized spacial score (nSPS) is 23.0. The maximum Gasteiger partial charge on any atom is 0.336 e. The van der Waals surface area contributed by atoms with Gasteiger partial charge in [0.05, 0.1) is 12.2 Å². The molecule has 4 heteroatoms. The van der Waals surface area contributed by atoms with Crippen LogP contribution in [0.5, 0.6) is 0 Å². The largest absolute Gasteiger partial charge is 0.423 e. The first-order chi connectivity index (χ1) is 10.5. The number of nitrogens with zero attached hydrogens (tertiary/aromatic N) is 1. The van der Waals surface area contributed by atoms with Crippen LogP contribution in [0.3, 0.4) is 0 Å². The van der Waals surface area contributed by atoms with E-state index in [2.05, 4.69) is 31.7 Å². The highest BCUT2D eigenvalue weighted by Crippen LogP contribution is 2.22. The van der Waals surface area contributed by atoms with Crippen LogP contribution in [-0.2, 0) is 17.7 Å². The van der Waals surface area contributed by atoms with Crippen LogP contribution >= 0.6 is 0 Å². The molecule has 1 aliphatic rings. The zero-order chi connectivity index (χ0) is 15.7. The minimum absolute atomic E-state index is 0.223. The number of ether oxygens (including phenoxy) is 1. The zero-order valence-electron chi connectivity index (χ0n) is 13.5. The van der Waals surface area contributed by atoms with Crippen molar-refractivity contribution in [1.29, 1.82) is 0 Å². The molecule has 0 saturated carbocycles. The summed E-state index contributed by atoms with van der Waals surface area (Å²) in [7, 11) is 0. The molecule has 1 aromatic heterocycles. The van der Waals surface area contributed by atoms with Gasteiger partial charge in [-0.05, 0) is 43.5 Å². The molecule has 0 aliphatic carbocycles. The van der Waals surface area contributed by atoms with E-state index in [0.29, 0.717) is 5.58 Å². The lowest BCUT2D eigenvalue weighted by molar-refractivity contribution is -0.0704. The van der Waals surface area contributed by atoms with Gasteiger partial charge in [-0.1, -0.05) is 13.0 Å². The number of aryl methyl sites for hydroxylation is 1. The third-order valence-corrected chi connectivity index (χ3v) is 4.19. The van der Waals surface area contributed by atoms with Crippen molar-refractivity contribution in [2.24, 2.45) is 0 Å². The van der Waals surface area contributed by atoms with Crippen LogP contribution in [0.15, 0.2) is 33.5 Å². The van der Waals surface area contributed by atoms with Crippen molar-refractivity contribution in [3.63, 3.8) is 0 Å². The van der Waals surface area contributed by atoms with Gasteiger partial charge in [-0.3, -0.25) is 4.90 Å². The number of hydrogen-bond donors (Lipinski definition) is 0. The molecule has 0 amide bonds. The molecule has 1 fully saturated rings. The summed E-state index contributed by atoms with van der Waals surface area (Å²) in [6.07, 6.45) is 1.42. The van der Waals surface area contributed by atoms with Gasteiger partial charge in [0, 0.05) is 31.1 Å². The maximum absolute atomic E-state index is 11.8. The monoisotopic (exact) mass is 301 g/mol. The standard InChI is InChI=1S/C18H23NO3/c1-4-14-5-6-17-16(7-14)15(8-18(20)22-17)11-19-9-12(2)21-13(3)10-19/h5-8,12-13H,4,9-11H2,1-3H3. The Morgan fingerprint density at radius 3 is 2.59 bits per heavy atom. The second-order valence-corrected chi connectivity index (χ2v) is 6.23. The van der Waals surface area contributed by atoms with Crippen LogP contribution in [0.1, 0.15) is 31.9 Å². The Bertz CT molecular complexity index is 712. The van der Waals surface area contributed by atoms with Crippen LogP contribution in [0.4, 0.5) is 0 Å². The Morgan fingerprint density at radius 1 is 1.18 bits per heavy atom. The quantitative estimate of drug-likeness (QED) is 0.818. The Hall–Kier alpha value is -1.65. The van der Waals surface area contributed by atoms with Gasteiger partial charge in [-0.15, -0.1) is 0 Å². The lowest BCUT2D eigenvalue weighted by Gasteiger charge is -2.35. The predicted octanol–water partition coefficient (Wildman–Crippen LogP) is 2.96. The zero-order valence-corrected chi connectivity index (χ0v) is 13.5. The van der Waals surface area contributed by atoms with E-state index in [1.54, 1.807) is 6.07 Å². The molecule has 0 spiro atoms. The number of fused-ring (bicyclic) bond motifs is 1. The molecule has 2 unspecified atom stereocenters. The summed E-state index contributed by atoms with van der Waals surface area (Å²) in [4.78, 5) is 14.2. The van der Waals surface area contributed by atoms with E-state index in [9.17, 15) is 4.79 Å². The van der Waals surface area contributed by atoms with Crippen molar-refractivity contribution in [1.82, 2.24) is 4.90 Å². The molecule has 4 nitrogen and oxygen atoms in total. The van der Waals surface area contributed by atoms with Crippen LogP contribution in [0, 0.1) is 0 Å². The van der Waals surface area contributed by atoms with Gasteiger partial charge in [-0.25, -0.2) is 4.79 Å². The van der Waals surface area contributed by atoms with E-state index in [0.717, 1.165) is 37.0 Å². The van der Waals surface area contributed by atoms with Crippen LogP contribution < -0.4 is 5.63 Å². The molecule has 1 aromatic carbocycles. The Labute approximate surface area is 130 Å². The van der Waals surface area contributed by atoms with Crippen molar-refractivity contribution in [3.8, 4) is 0 Å². The first-order valence-electron chi connectivity index (χ1n) is 7.98. The van der Waals surface area contributed by atoms with Crippen LogP contribution in [0.2, 0.25) is 0 Å². The average Bonchev–Trinajstić information content (AvgIpc) is 2.45. The molecule has 0 radical (unpaired) electrons. The Balaban J connectivity index is 1.96. The molecular formula is C18H23NO3. The highest BCUT2D eigenvalue weighted by Gasteiger charge is 2.23. The molecule has 118 valence electrons. The molecule has 1 saturated heterocycles. The highest BCUT2D eigenvalue weighted by atomic mass is 16.5. The molecule has 2 aromatic rings. The minimum Gasteiger partial charge on any atom is -0.423 e. The molecule has 2 atom stereocenters. The number of benzene rings is 1. The maximum atomic E-state index is 11.8. The SMILES string of the molecule is CCc1ccc2oc(=O)cc(CN3CC(C)OC(C)C3)c2c1. The fourth-order valence-electron chi connectivity index (χ4n) is 3.28. The van der Waals surface area contributed by atoms with Crippen molar-refractivity contribution >= 4 is 11.0 Å². The third-order valence-electron chi connectivity index (χ3n) is 4.19. The fraction of sp³-hybridized carbons (Fsp3) is 0.500. The van der Waals surface area contributed by atoms with Crippen molar-refractivity contribution in [2.45, 2.75) is 45.9 Å². The van der Waals surface area contributed by atoms with Gasteiger partial charge in [-0.2, -0.15) is 0 Å². The van der Waals surface area contributed by atoms with Gasteiger partial charge in [0.2, 0.25) is 0 Å². The Morgan fingerprint density at radius 2 is 1.91 bits per heavy atom. The second-order valence-electron chi connectivity index (χ2n) is 6.23. The van der Waals surface area contributed by atoms with E-state index >= 15 is 0 Å². The lowest BCUT2D eigenvalue weighted by atomic mass is 10.0. The van der Waals surface area contributed by atoms with E-state index < -0.39 is 0 Å². The lowest BCUT2D eigenvalue weighted by Crippen LogP contribution is -2.44. The van der Waals surface area contributed by atoms with Crippen molar-refractivity contribution < 1.29 is 9.15 Å². The summed E-state index contributed by atoms with van der Waals surface area (Å²) in [5.74, 6) is 0. The molecule has 0 N–H and O–H groups in total. The first kappa shape index (κ1) is 15.3. The van der Waals surface area contributed by atoms with Gasteiger partial charge < -0.3 is 9.15 Å². The van der Waals surface area contributed by atoms with Crippen molar-refractivity contribution in [3.05, 3.63) is 45.8 Å².